The summed E-state index contributed by atoms with van der Waals surface area (Å²) in [4.78, 5) is 39.5. The highest BCUT2D eigenvalue weighted by Gasteiger charge is 2.45. The Balaban J connectivity index is 1.68. The molecule has 0 spiro atoms. The van der Waals surface area contributed by atoms with Gasteiger partial charge in [-0.2, -0.15) is 0 Å². The highest BCUT2D eigenvalue weighted by molar-refractivity contribution is 5.96. The van der Waals surface area contributed by atoms with Crippen molar-refractivity contribution >= 4 is 18.0 Å². The van der Waals surface area contributed by atoms with Crippen molar-refractivity contribution in [3.63, 3.8) is 0 Å². The molecule has 0 aliphatic carbocycles. The largest absolute Gasteiger partial charge is 0.461 e. The number of carbonyl (C=O) groups is 3. The quantitative estimate of drug-likeness (QED) is 0.565. The average molecular weight is 424 g/mol. The third kappa shape index (κ3) is 5.72. The lowest BCUT2D eigenvalue weighted by Gasteiger charge is -2.25. The van der Waals surface area contributed by atoms with Gasteiger partial charge < -0.3 is 9.47 Å². The van der Waals surface area contributed by atoms with E-state index in [0.717, 1.165) is 16.0 Å². The van der Waals surface area contributed by atoms with E-state index in [9.17, 15) is 14.4 Å². The highest BCUT2D eigenvalue weighted by Crippen LogP contribution is 2.34. The van der Waals surface area contributed by atoms with Crippen molar-refractivity contribution in [3.8, 4) is 0 Å². The van der Waals surface area contributed by atoms with Gasteiger partial charge in [-0.25, -0.2) is 9.69 Å². The molecule has 6 heteroatoms. The van der Waals surface area contributed by atoms with Crippen molar-refractivity contribution in [2.45, 2.75) is 52.4 Å². The first-order valence-corrected chi connectivity index (χ1v) is 10.6. The SMILES string of the molecule is CC(C)C[C@@H](CC(=O)OCc1ccccc1)C(=O)N1C(=O)OC(c2ccccc2)C1C. The molecule has 2 aromatic rings. The summed E-state index contributed by atoms with van der Waals surface area (Å²) in [5.41, 5.74) is 1.71. The number of cyclic esters (lactones) is 1. The third-order valence-electron chi connectivity index (χ3n) is 5.40. The van der Waals surface area contributed by atoms with E-state index in [0.29, 0.717) is 6.42 Å². The minimum absolute atomic E-state index is 0.0731. The fourth-order valence-electron chi connectivity index (χ4n) is 3.88. The van der Waals surface area contributed by atoms with E-state index in [1.807, 2.05) is 74.5 Å². The van der Waals surface area contributed by atoms with Gasteiger partial charge in [-0.05, 0) is 30.4 Å². The van der Waals surface area contributed by atoms with Crippen molar-refractivity contribution in [1.82, 2.24) is 4.90 Å². The molecule has 0 N–H and O–H groups in total. The van der Waals surface area contributed by atoms with Crippen LogP contribution in [-0.4, -0.2) is 28.9 Å². The van der Waals surface area contributed by atoms with Crippen LogP contribution in [0.2, 0.25) is 0 Å². The number of hydrogen-bond acceptors (Lipinski definition) is 5. The summed E-state index contributed by atoms with van der Waals surface area (Å²) in [6.07, 6.45) is -0.789. The minimum atomic E-state index is -0.669. The summed E-state index contributed by atoms with van der Waals surface area (Å²) in [5, 5.41) is 0. The first-order chi connectivity index (χ1) is 14.9. The molecule has 1 heterocycles. The Morgan fingerprint density at radius 1 is 1.03 bits per heavy atom. The molecule has 1 fully saturated rings. The summed E-state index contributed by atoms with van der Waals surface area (Å²) in [7, 11) is 0. The molecule has 0 saturated carbocycles. The van der Waals surface area contributed by atoms with Crippen LogP contribution in [0.25, 0.3) is 0 Å². The Labute approximate surface area is 183 Å². The number of benzene rings is 2. The lowest BCUT2D eigenvalue weighted by molar-refractivity contribution is -0.150. The van der Waals surface area contributed by atoms with E-state index in [-0.39, 0.29) is 24.9 Å². The molecule has 6 nitrogen and oxygen atoms in total. The summed E-state index contributed by atoms with van der Waals surface area (Å²) in [5.74, 6) is -1.31. The number of hydrogen-bond donors (Lipinski definition) is 0. The molecule has 2 amide bonds. The molecule has 0 bridgehead atoms. The van der Waals surface area contributed by atoms with Gasteiger partial charge >= 0.3 is 12.1 Å². The average Bonchev–Trinajstić information content (AvgIpc) is 3.06. The Morgan fingerprint density at radius 2 is 1.65 bits per heavy atom. The topological polar surface area (TPSA) is 72.9 Å². The fraction of sp³-hybridized carbons (Fsp3) is 0.400. The van der Waals surface area contributed by atoms with Gasteiger partial charge in [0, 0.05) is 5.92 Å². The van der Waals surface area contributed by atoms with Crippen LogP contribution in [0.5, 0.6) is 0 Å². The van der Waals surface area contributed by atoms with E-state index < -0.39 is 30.1 Å². The van der Waals surface area contributed by atoms with Crippen molar-refractivity contribution in [3.05, 3.63) is 71.8 Å². The lowest BCUT2D eigenvalue weighted by atomic mass is 9.92. The van der Waals surface area contributed by atoms with Gasteiger partial charge in [0.15, 0.2) is 0 Å². The standard InChI is InChI=1S/C25H29NO5/c1-17(2)14-21(15-22(27)30-16-19-10-6-4-7-11-19)24(28)26-18(3)23(31-25(26)29)20-12-8-5-9-13-20/h4-13,17-18,21,23H,14-16H2,1-3H3/t18?,21-,23?/m0/s1. The second-order valence-corrected chi connectivity index (χ2v) is 8.34. The predicted molar refractivity (Wildman–Crippen MR) is 116 cm³/mol. The summed E-state index contributed by atoms with van der Waals surface area (Å²) < 4.78 is 10.9. The van der Waals surface area contributed by atoms with Gasteiger partial charge in [-0.15, -0.1) is 0 Å². The van der Waals surface area contributed by atoms with Gasteiger partial charge in [0.2, 0.25) is 5.91 Å². The van der Waals surface area contributed by atoms with Crippen LogP contribution in [0.1, 0.15) is 50.8 Å². The first kappa shape index (κ1) is 22.5. The molecule has 1 aliphatic rings. The lowest BCUT2D eigenvalue weighted by Crippen LogP contribution is -2.42. The summed E-state index contributed by atoms with van der Waals surface area (Å²) >= 11 is 0. The molecular formula is C25H29NO5. The second-order valence-electron chi connectivity index (χ2n) is 8.34. The zero-order valence-corrected chi connectivity index (χ0v) is 18.2. The van der Waals surface area contributed by atoms with Gasteiger partial charge in [0.1, 0.15) is 12.7 Å². The maximum Gasteiger partial charge on any atom is 0.417 e. The molecule has 1 saturated heterocycles. The van der Waals surface area contributed by atoms with Crippen LogP contribution in [0.15, 0.2) is 60.7 Å². The van der Waals surface area contributed by atoms with Crippen LogP contribution < -0.4 is 0 Å². The Morgan fingerprint density at radius 3 is 2.26 bits per heavy atom. The van der Waals surface area contributed by atoms with Crippen LogP contribution >= 0.6 is 0 Å². The van der Waals surface area contributed by atoms with Crippen molar-refractivity contribution in [2.75, 3.05) is 0 Å². The fourth-order valence-corrected chi connectivity index (χ4v) is 3.88. The number of amides is 2. The smallest absolute Gasteiger partial charge is 0.417 e. The molecule has 2 aromatic carbocycles. The van der Waals surface area contributed by atoms with Crippen molar-refractivity contribution in [2.24, 2.45) is 11.8 Å². The van der Waals surface area contributed by atoms with Crippen LogP contribution in [0, 0.1) is 11.8 Å². The molecular weight excluding hydrogens is 394 g/mol. The van der Waals surface area contributed by atoms with Crippen molar-refractivity contribution in [1.29, 1.82) is 0 Å². The zero-order valence-electron chi connectivity index (χ0n) is 18.2. The predicted octanol–water partition coefficient (Wildman–Crippen LogP) is 4.89. The van der Waals surface area contributed by atoms with Gasteiger partial charge in [0.25, 0.3) is 0 Å². The molecule has 3 atom stereocenters. The van der Waals surface area contributed by atoms with Gasteiger partial charge in [-0.3, -0.25) is 9.59 Å². The van der Waals surface area contributed by atoms with Crippen LogP contribution in [0.3, 0.4) is 0 Å². The number of carbonyl (C=O) groups excluding carboxylic acids is 3. The van der Waals surface area contributed by atoms with E-state index in [2.05, 4.69) is 0 Å². The van der Waals surface area contributed by atoms with Crippen LogP contribution in [0.4, 0.5) is 4.79 Å². The number of imide groups is 1. The molecule has 164 valence electrons. The molecule has 3 rings (SSSR count). The Hall–Kier alpha value is -3.15. The monoisotopic (exact) mass is 423 g/mol. The zero-order chi connectivity index (χ0) is 22.4. The van der Waals surface area contributed by atoms with E-state index in [1.54, 1.807) is 6.92 Å². The van der Waals surface area contributed by atoms with Crippen molar-refractivity contribution < 1.29 is 23.9 Å². The summed E-state index contributed by atoms with van der Waals surface area (Å²) in [6.45, 7) is 5.91. The minimum Gasteiger partial charge on any atom is -0.461 e. The molecule has 31 heavy (non-hydrogen) atoms. The molecule has 1 aliphatic heterocycles. The Kier molecular flexibility index (Phi) is 7.45. The molecule has 0 radical (unpaired) electrons. The summed E-state index contributed by atoms with van der Waals surface area (Å²) in [6, 6.07) is 18.3. The van der Waals surface area contributed by atoms with Crippen LogP contribution in [-0.2, 0) is 25.7 Å². The molecule has 2 unspecified atom stereocenters. The normalized spacial score (nSPS) is 19.2. The number of nitrogens with zero attached hydrogens (tertiary/aromatic N) is 1. The third-order valence-corrected chi connectivity index (χ3v) is 5.40. The molecule has 0 aromatic heterocycles. The maximum absolute atomic E-state index is 13.3. The van der Waals surface area contributed by atoms with Gasteiger partial charge in [-0.1, -0.05) is 74.5 Å². The van der Waals surface area contributed by atoms with E-state index in [4.69, 9.17) is 9.47 Å². The maximum atomic E-state index is 13.3. The highest BCUT2D eigenvalue weighted by atomic mass is 16.6. The van der Waals surface area contributed by atoms with E-state index >= 15 is 0 Å². The number of esters is 1. The Bertz CT molecular complexity index is 897. The second kappa shape index (κ2) is 10.2. The first-order valence-electron chi connectivity index (χ1n) is 10.6. The number of ether oxygens (including phenoxy) is 2. The number of rotatable bonds is 8. The van der Waals surface area contributed by atoms with E-state index in [1.165, 1.54) is 0 Å². The van der Waals surface area contributed by atoms with Gasteiger partial charge in [0.05, 0.1) is 12.5 Å².